The van der Waals surface area contributed by atoms with Crippen LogP contribution in [0.2, 0.25) is 0 Å². The fraction of sp³-hybridized carbons (Fsp3) is 0.529. The molecular formula is C17H23N3OS. The summed E-state index contributed by atoms with van der Waals surface area (Å²) in [6.45, 7) is 2.84. The van der Waals surface area contributed by atoms with E-state index in [2.05, 4.69) is 41.9 Å². The van der Waals surface area contributed by atoms with Gasteiger partial charge in [-0.1, -0.05) is 12.1 Å². The smallest absolute Gasteiger partial charge is 0.235 e. The van der Waals surface area contributed by atoms with Gasteiger partial charge in [0.2, 0.25) is 5.91 Å². The van der Waals surface area contributed by atoms with Gasteiger partial charge in [0.1, 0.15) is 5.54 Å². The first-order chi connectivity index (χ1) is 10.5. The van der Waals surface area contributed by atoms with Crippen molar-refractivity contribution in [2.75, 3.05) is 19.8 Å². The summed E-state index contributed by atoms with van der Waals surface area (Å²) in [4.78, 5) is 15.3. The molecule has 0 unspecified atom stereocenters. The summed E-state index contributed by atoms with van der Waals surface area (Å²) in [6, 6.07) is 10.6. The van der Waals surface area contributed by atoms with E-state index in [1.807, 2.05) is 18.9 Å². The van der Waals surface area contributed by atoms with Crippen LogP contribution < -0.4 is 5.32 Å². The van der Waals surface area contributed by atoms with Crippen LogP contribution in [-0.2, 0) is 11.3 Å². The number of carbonyl (C=O) groups is 1. The molecule has 0 spiro atoms. The van der Waals surface area contributed by atoms with Gasteiger partial charge in [0.05, 0.1) is 12.6 Å². The Bertz CT molecular complexity index is 562. The average Bonchev–Trinajstić information content (AvgIpc) is 3.32. The third-order valence-electron chi connectivity index (χ3n) is 4.05. The molecule has 2 rings (SSSR count). The number of carbonyl (C=O) groups excluding carboxylic acids is 1. The first-order valence-corrected chi connectivity index (χ1v) is 8.73. The second-order valence-corrected chi connectivity index (χ2v) is 7.04. The number of rotatable bonds is 7. The van der Waals surface area contributed by atoms with Crippen LogP contribution in [0.4, 0.5) is 0 Å². The van der Waals surface area contributed by atoms with E-state index in [0.717, 1.165) is 19.4 Å². The van der Waals surface area contributed by atoms with Gasteiger partial charge in [0.25, 0.3) is 0 Å². The van der Waals surface area contributed by atoms with Crippen molar-refractivity contribution in [1.29, 1.82) is 5.26 Å². The lowest BCUT2D eigenvalue weighted by Gasteiger charge is -2.25. The number of thioether (sulfide) groups is 1. The van der Waals surface area contributed by atoms with Crippen molar-refractivity contribution in [2.45, 2.75) is 36.7 Å². The highest BCUT2D eigenvalue weighted by Crippen LogP contribution is 2.39. The number of nitrogens with one attached hydrogen (secondary N) is 1. The molecule has 1 amide bonds. The highest BCUT2D eigenvalue weighted by molar-refractivity contribution is 7.98. The van der Waals surface area contributed by atoms with E-state index in [4.69, 9.17) is 0 Å². The highest BCUT2D eigenvalue weighted by atomic mass is 32.2. The van der Waals surface area contributed by atoms with E-state index < -0.39 is 5.54 Å². The van der Waals surface area contributed by atoms with E-state index >= 15 is 0 Å². The van der Waals surface area contributed by atoms with Crippen LogP contribution in [0.3, 0.4) is 0 Å². The lowest BCUT2D eigenvalue weighted by molar-refractivity contribution is -0.123. The Morgan fingerprint density at radius 2 is 2.09 bits per heavy atom. The van der Waals surface area contributed by atoms with Gasteiger partial charge in [-0.2, -0.15) is 5.26 Å². The van der Waals surface area contributed by atoms with Gasteiger partial charge < -0.3 is 5.32 Å². The summed E-state index contributed by atoms with van der Waals surface area (Å²) < 4.78 is 0. The maximum absolute atomic E-state index is 12.1. The molecule has 1 aliphatic carbocycles. The molecule has 0 heterocycles. The minimum absolute atomic E-state index is 0.0841. The van der Waals surface area contributed by atoms with Crippen molar-refractivity contribution in [2.24, 2.45) is 5.92 Å². The number of hydrogen-bond donors (Lipinski definition) is 1. The van der Waals surface area contributed by atoms with Crippen LogP contribution in [0, 0.1) is 17.2 Å². The molecule has 0 bridgehead atoms. The van der Waals surface area contributed by atoms with E-state index in [0.29, 0.717) is 12.5 Å². The van der Waals surface area contributed by atoms with Crippen molar-refractivity contribution >= 4 is 17.7 Å². The lowest BCUT2D eigenvalue weighted by atomic mass is 9.98. The number of amides is 1. The normalized spacial score (nSPS) is 16.9. The molecule has 0 radical (unpaired) electrons. The average molecular weight is 317 g/mol. The Hall–Kier alpha value is -1.51. The van der Waals surface area contributed by atoms with E-state index in [-0.39, 0.29) is 5.91 Å². The van der Waals surface area contributed by atoms with Crippen molar-refractivity contribution in [3.63, 3.8) is 0 Å². The van der Waals surface area contributed by atoms with Gasteiger partial charge in [-0.25, -0.2) is 0 Å². The first-order valence-electron chi connectivity index (χ1n) is 7.50. The van der Waals surface area contributed by atoms with E-state index in [9.17, 15) is 10.1 Å². The number of hydrogen-bond acceptors (Lipinski definition) is 4. The molecule has 0 saturated heterocycles. The number of nitrogens with zero attached hydrogens (tertiary/aromatic N) is 2. The summed E-state index contributed by atoms with van der Waals surface area (Å²) in [7, 11) is 1.92. The van der Waals surface area contributed by atoms with Crippen LogP contribution >= 0.6 is 11.8 Å². The molecule has 0 aliphatic heterocycles. The number of likely N-dealkylation sites (N-methyl/N-ethyl adjacent to an activating group) is 1. The maximum Gasteiger partial charge on any atom is 0.235 e. The largest absolute Gasteiger partial charge is 0.337 e. The molecular weight excluding hydrogens is 294 g/mol. The molecule has 1 saturated carbocycles. The third-order valence-corrected chi connectivity index (χ3v) is 4.79. The van der Waals surface area contributed by atoms with E-state index in [1.54, 1.807) is 11.8 Å². The molecule has 5 heteroatoms. The van der Waals surface area contributed by atoms with Crippen molar-refractivity contribution in [3.05, 3.63) is 29.8 Å². The molecule has 1 atom stereocenters. The van der Waals surface area contributed by atoms with Crippen molar-refractivity contribution in [1.82, 2.24) is 10.2 Å². The molecule has 1 aromatic rings. The van der Waals surface area contributed by atoms with Gasteiger partial charge in [0.15, 0.2) is 0 Å². The predicted octanol–water partition coefficient (Wildman–Crippen LogP) is 2.65. The van der Waals surface area contributed by atoms with Crippen LogP contribution in [0.25, 0.3) is 0 Å². The van der Waals surface area contributed by atoms with Gasteiger partial charge in [-0.3, -0.25) is 9.69 Å². The quantitative estimate of drug-likeness (QED) is 0.786. The van der Waals surface area contributed by atoms with Gasteiger partial charge in [0, 0.05) is 11.4 Å². The van der Waals surface area contributed by atoms with E-state index in [1.165, 1.54) is 10.5 Å². The molecule has 1 aliphatic rings. The monoisotopic (exact) mass is 317 g/mol. The zero-order valence-corrected chi connectivity index (χ0v) is 14.2. The maximum atomic E-state index is 12.1. The summed E-state index contributed by atoms with van der Waals surface area (Å²) in [5, 5.41) is 12.2. The lowest BCUT2D eigenvalue weighted by Crippen LogP contribution is -2.49. The first kappa shape index (κ1) is 16.9. The molecule has 1 aromatic carbocycles. The topological polar surface area (TPSA) is 56.1 Å². The number of benzene rings is 1. The van der Waals surface area contributed by atoms with Gasteiger partial charge in [-0.05, 0) is 56.7 Å². The van der Waals surface area contributed by atoms with Crippen LogP contribution in [0.1, 0.15) is 25.3 Å². The molecule has 1 fully saturated rings. The Labute approximate surface area is 136 Å². The Morgan fingerprint density at radius 1 is 1.45 bits per heavy atom. The van der Waals surface area contributed by atoms with Gasteiger partial charge in [-0.15, -0.1) is 11.8 Å². The summed E-state index contributed by atoms with van der Waals surface area (Å²) in [5.74, 6) is 0.227. The minimum Gasteiger partial charge on any atom is -0.337 e. The fourth-order valence-electron chi connectivity index (χ4n) is 2.55. The Kier molecular flexibility index (Phi) is 5.49. The molecule has 118 valence electrons. The minimum atomic E-state index is -0.710. The van der Waals surface area contributed by atoms with Crippen LogP contribution in [0.15, 0.2) is 29.2 Å². The Morgan fingerprint density at radius 3 is 2.59 bits per heavy atom. The number of nitriles is 1. The molecule has 1 N–H and O–H groups in total. The summed E-state index contributed by atoms with van der Waals surface area (Å²) in [6.07, 6.45) is 4.11. The molecule has 22 heavy (non-hydrogen) atoms. The second kappa shape index (κ2) is 7.17. The highest BCUT2D eigenvalue weighted by Gasteiger charge is 2.42. The van der Waals surface area contributed by atoms with Crippen molar-refractivity contribution in [3.8, 4) is 6.07 Å². The molecule has 0 aromatic heterocycles. The summed E-state index contributed by atoms with van der Waals surface area (Å²) >= 11 is 1.72. The predicted molar refractivity (Wildman–Crippen MR) is 89.4 cm³/mol. The zero-order chi connectivity index (χ0) is 16.2. The van der Waals surface area contributed by atoms with Crippen LogP contribution in [0.5, 0.6) is 0 Å². The second-order valence-electron chi connectivity index (χ2n) is 6.16. The SMILES string of the molecule is CSc1ccc(CN(C)CC(=O)N[C@](C)(C#N)C2CC2)cc1. The zero-order valence-electron chi connectivity index (χ0n) is 13.4. The standard InChI is InChI=1S/C17H23N3OS/c1-17(12-18,14-6-7-14)19-16(21)11-20(2)10-13-4-8-15(22-3)9-5-13/h4-5,8-9,14H,6-7,10-11H2,1-3H3,(H,19,21)/t17-/m1/s1. The molecule has 4 nitrogen and oxygen atoms in total. The summed E-state index contributed by atoms with van der Waals surface area (Å²) in [5.41, 5.74) is 0.469. The fourth-order valence-corrected chi connectivity index (χ4v) is 2.96. The Balaban J connectivity index is 1.84. The van der Waals surface area contributed by atoms with Gasteiger partial charge >= 0.3 is 0 Å². The third kappa shape index (κ3) is 4.49. The van der Waals surface area contributed by atoms with Crippen molar-refractivity contribution < 1.29 is 4.79 Å². The van der Waals surface area contributed by atoms with Crippen LogP contribution in [-0.4, -0.2) is 36.2 Å².